The minimum atomic E-state index is -0.753. The number of rotatable bonds is 7. The monoisotopic (exact) mass is 435 g/mol. The van der Waals surface area contributed by atoms with Crippen molar-refractivity contribution >= 4 is 5.82 Å². The van der Waals surface area contributed by atoms with E-state index in [0.29, 0.717) is 13.0 Å². The third-order valence-corrected chi connectivity index (χ3v) is 5.99. The molecule has 32 heavy (non-hydrogen) atoms. The van der Waals surface area contributed by atoms with Crippen molar-refractivity contribution in [2.45, 2.75) is 38.8 Å². The second-order valence-corrected chi connectivity index (χ2v) is 9.33. The van der Waals surface area contributed by atoms with Gasteiger partial charge in [-0.25, -0.2) is 9.78 Å². The quantitative estimate of drug-likeness (QED) is 0.617. The molecule has 2 aromatic heterocycles. The van der Waals surface area contributed by atoms with Gasteiger partial charge in [0.15, 0.2) is 0 Å². The normalized spacial score (nSPS) is 15.3. The van der Waals surface area contributed by atoms with Gasteiger partial charge < -0.3 is 14.9 Å². The van der Waals surface area contributed by atoms with Crippen molar-refractivity contribution in [3.63, 3.8) is 0 Å². The van der Waals surface area contributed by atoms with Gasteiger partial charge in [0.2, 0.25) is 0 Å². The van der Waals surface area contributed by atoms with Crippen LogP contribution in [0, 0.1) is 0 Å². The highest BCUT2D eigenvalue weighted by Crippen LogP contribution is 2.20. The molecule has 0 bridgehead atoms. The van der Waals surface area contributed by atoms with Crippen LogP contribution in [0.25, 0.3) is 5.69 Å². The largest absolute Gasteiger partial charge is 0.390 e. The number of piperazine rings is 1. The molecule has 4 rings (SSSR count). The first-order chi connectivity index (χ1) is 15.3. The van der Waals surface area contributed by atoms with E-state index in [4.69, 9.17) is 0 Å². The van der Waals surface area contributed by atoms with Gasteiger partial charge >= 0.3 is 5.69 Å². The average Bonchev–Trinajstić information content (AvgIpc) is 3.13. The molecule has 3 heterocycles. The van der Waals surface area contributed by atoms with E-state index in [9.17, 15) is 9.90 Å². The maximum Gasteiger partial charge on any atom is 0.332 e. The zero-order chi connectivity index (χ0) is 22.7. The number of pyridine rings is 1. The fourth-order valence-corrected chi connectivity index (χ4v) is 4.22. The van der Waals surface area contributed by atoms with Crippen LogP contribution in [0.15, 0.2) is 59.8 Å². The summed E-state index contributed by atoms with van der Waals surface area (Å²) in [6.45, 7) is 8.21. The molecule has 1 N–H and O–H groups in total. The average molecular weight is 436 g/mol. The van der Waals surface area contributed by atoms with Gasteiger partial charge in [0, 0.05) is 57.7 Å². The number of nitrogens with zero attached hydrogens (tertiary/aromatic N) is 5. The number of anilines is 1. The fourth-order valence-electron chi connectivity index (χ4n) is 4.22. The predicted octanol–water partition coefficient (Wildman–Crippen LogP) is 2.34. The molecule has 0 amide bonds. The summed E-state index contributed by atoms with van der Waals surface area (Å²) >= 11 is 0. The minimum absolute atomic E-state index is 0.0507. The smallest absolute Gasteiger partial charge is 0.332 e. The molecule has 170 valence electrons. The Morgan fingerprint density at radius 2 is 1.75 bits per heavy atom. The second-order valence-electron chi connectivity index (χ2n) is 9.33. The predicted molar refractivity (Wildman–Crippen MR) is 128 cm³/mol. The van der Waals surface area contributed by atoms with E-state index in [1.807, 2.05) is 48.9 Å². The van der Waals surface area contributed by atoms with Crippen molar-refractivity contribution in [3.8, 4) is 5.69 Å². The Labute approximate surface area is 189 Å². The van der Waals surface area contributed by atoms with Gasteiger partial charge in [-0.05, 0) is 56.6 Å². The number of hydrogen-bond donors (Lipinski definition) is 1. The topological polar surface area (TPSA) is 66.5 Å². The first-order valence-electron chi connectivity index (χ1n) is 11.3. The molecule has 0 aliphatic carbocycles. The molecule has 0 radical (unpaired) electrons. The highest BCUT2D eigenvalue weighted by molar-refractivity contribution is 5.47. The standard InChI is InChI=1S/C25H33N5O2/c1-25(2,32)19-20-6-8-22(9-7-20)30-18-17-29(24(30)31)12-10-21-5-4-11-26-23(21)28-15-13-27(3)14-16-28/h4-9,11,17-18,32H,10,12-16,19H2,1-3H3. The van der Waals surface area contributed by atoms with Crippen LogP contribution in [0.2, 0.25) is 0 Å². The minimum Gasteiger partial charge on any atom is -0.390 e. The molecule has 1 aliphatic heterocycles. The third-order valence-electron chi connectivity index (χ3n) is 5.99. The summed E-state index contributed by atoms with van der Waals surface area (Å²) in [4.78, 5) is 22.3. The number of aromatic nitrogens is 3. The lowest BCUT2D eigenvalue weighted by atomic mass is 9.99. The van der Waals surface area contributed by atoms with E-state index in [1.54, 1.807) is 23.0 Å². The lowest BCUT2D eigenvalue weighted by molar-refractivity contribution is 0.0810. The van der Waals surface area contributed by atoms with Crippen molar-refractivity contribution in [1.29, 1.82) is 0 Å². The number of benzene rings is 1. The number of likely N-dealkylation sites (N-methyl/N-ethyl adjacent to an activating group) is 1. The zero-order valence-electron chi connectivity index (χ0n) is 19.2. The van der Waals surface area contributed by atoms with Gasteiger partial charge in [-0.1, -0.05) is 18.2 Å². The van der Waals surface area contributed by atoms with Crippen LogP contribution in [0.1, 0.15) is 25.0 Å². The summed E-state index contributed by atoms with van der Waals surface area (Å²) in [7, 11) is 2.15. The zero-order valence-corrected chi connectivity index (χ0v) is 19.2. The van der Waals surface area contributed by atoms with Gasteiger partial charge in [0.1, 0.15) is 5.82 Å². The van der Waals surface area contributed by atoms with E-state index in [1.165, 1.54) is 5.56 Å². The van der Waals surface area contributed by atoms with Crippen molar-refractivity contribution in [2.24, 2.45) is 0 Å². The van der Waals surface area contributed by atoms with Crippen LogP contribution >= 0.6 is 0 Å². The van der Waals surface area contributed by atoms with Gasteiger partial charge in [-0.3, -0.25) is 9.13 Å². The Kier molecular flexibility index (Phi) is 6.48. The summed E-state index contributed by atoms with van der Waals surface area (Å²) in [5.41, 5.74) is 2.24. The van der Waals surface area contributed by atoms with Crippen molar-refractivity contribution in [2.75, 3.05) is 38.1 Å². The maximum atomic E-state index is 13.0. The molecule has 7 nitrogen and oxygen atoms in total. The molecule has 1 aromatic carbocycles. The van der Waals surface area contributed by atoms with E-state index in [2.05, 4.69) is 27.9 Å². The van der Waals surface area contributed by atoms with Crippen LogP contribution in [0.4, 0.5) is 5.82 Å². The Bertz CT molecular complexity index is 1090. The molecule has 1 aliphatic rings. The number of aryl methyl sites for hydroxylation is 2. The highest BCUT2D eigenvalue weighted by Gasteiger charge is 2.18. The summed E-state index contributed by atoms with van der Waals surface area (Å²) in [6.07, 6.45) is 6.84. The lowest BCUT2D eigenvalue weighted by Crippen LogP contribution is -2.45. The van der Waals surface area contributed by atoms with Crippen LogP contribution in [0.3, 0.4) is 0 Å². The van der Waals surface area contributed by atoms with Crippen LogP contribution < -0.4 is 10.6 Å². The summed E-state index contributed by atoms with van der Waals surface area (Å²) in [6, 6.07) is 11.9. The van der Waals surface area contributed by atoms with Crippen LogP contribution in [-0.4, -0.2) is 63.0 Å². The van der Waals surface area contributed by atoms with Crippen molar-refractivity contribution in [1.82, 2.24) is 19.0 Å². The molecule has 0 spiro atoms. The van der Waals surface area contributed by atoms with Crippen LogP contribution in [-0.2, 0) is 19.4 Å². The Hall–Kier alpha value is -2.90. The van der Waals surface area contributed by atoms with Gasteiger partial charge in [0.25, 0.3) is 0 Å². The summed E-state index contributed by atoms with van der Waals surface area (Å²) in [5.74, 6) is 1.04. The number of imidazole rings is 1. The van der Waals surface area contributed by atoms with E-state index < -0.39 is 5.60 Å². The van der Waals surface area contributed by atoms with Gasteiger partial charge in [-0.2, -0.15) is 0 Å². The molecular formula is C25H33N5O2. The molecule has 1 saturated heterocycles. The lowest BCUT2D eigenvalue weighted by Gasteiger charge is -2.34. The first-order valence-corrected chi connectivity index (χ1v) is 11.3. The Morgan fingerprint density at radius 3 is 2.44 bits per heavy atom. The van der Waals surface area contributed by atoms with Crippen LogP contribution in [0.5, 0.6) is 0 Å². The van der Waals surface area contributed by atoms with Crippen molar-refractivity contribution < 1.29 is 5.11 Å². The molecule has 1 fully saturated rings. The molecule has 0 saturated carbocycles. The third kappa shape index (κ3) is 5.29. The summed E-state index contributed by atoms with van der Waals surface area (Å²) < 4.78 is 3.42. The Balaban J connectivity index is 1.46. The molecule has 3 aromatic rings. The van der Waals surface area contributed by atoms with Gasteiger partial charge in [0.05, 0.1) is 11.3 Å². The van der Waals surface area contributed by atoms with Crippen molar-refractivity contribution in [3.05, 3.63) is 76.6 Å². The molecule has 7 heteroatoms. The molecular weight excluding hydrogens is 402 g/mol. The Morgan fingerprint density at radius 1 is 1.03 bits per heavy atom. The van der Waals surface area contributed by atoms with E-state index in [0.717, 1.165) is 49.7 Å². The van der Waals surface area contributed by atoms with E-state index >= 15 is 0 Å². The second kappa shape index (κ2) is 9.30. The fraction of sp³-hybridized carbons (Fsp3) is 0.440. The summed E-state index contributed by atoms with van der Waals surface area (Å²) in [5, 5.41) is 10.0. The highest BCUT2D eigenvalue weighted by atomic mass is 16.3. The SMILES string of the molecule is CN1CCN(c2ncccc2CCn2ccn(-c3ccc(CC(C)(C)O)cc3)c2=O)CC1. The van der Waals surface area contributed by atoms with E-state index in [-0.39, 0.29) is 5.69 Å². The number of hydrogen-bond acceptors (Lipinski definition) is 5. The number of aliphatic hydroxyl groups is 1. The molecule has 0 unspecified atom stereocenters. The maximum absolute atomic E-state index is 13.0. The first kappa shape index (κ1) is 22.3. The molecule has 0 atom stereocenters. The van der Waals surface area contributed by atoms with Gasteiger partial charge in [-0.15, -0.1) is 0 Å².